The second-order valence-electron chi connectivity index (χ2n) is 6.22. The second-order valence-corrected chi connectivity index (χ2v) is 8.21. The van der Waals surface area contributed by atoms with Crippen LogP contribution in [0.25, 0.3) is 10.4 Å². The highest BCUT2D eigenvalue weighted by Gasteiger charge is 2.20. The van der Waals surface area contributed by atoms with Gasteiger partial charge in [-0.25, -0.2) is 19.6 Å². The van der Waals surface area contributed by atoms with Crippen molar-refractivity contribution in [1.82, 2.24) is 9.97 Å². The van der Waals surface area contributed by atoms with Gasteiger partial charge in [0.05, 0.1) is 25.0 Å². The summed E-state index contributed by atoms with van der Waals surface area (Å²) in [5, 5.41) is 3.36. The lowest BCUT2D eigenvalue weighted by Crippen LogP contribution is -2.16. The molecule has 11 heteroatoms. The van der Waals surface area contributed by atoms with Crippen molar-refractivity contribution in [3.8, 4) is 10.4 Å². The number of aromatic nitrogens is 2. The predicted octanol–water partition coefficient (Wildman–Crippen LogP) is 3.48. The fourth-order valence-electron chi connectivity index (χ4n) is 2.60. The Hall–Kier alpha value is -3.44. The second kappa shape index (κ2) is 10.7. The van der Waals surface area contributed by atoms with Crippen molar-refractivity contribution < 1.29 is 23.9 Å². The van der Waals surface area contributed by atoms with Crippen LogP contribution in [0.2, 0.25) is 0 Å². The van der Waals surface area contributed by atoms with E-state index in [1.54, 1.807) is 13.0 Å². The first-order valence-corrected chi connectivity index (χ1v) is 11.2. The molecule has 166 valence electrons. The quantitative estimate of drug-likeness (QED) is 0.287. The predicted molar refractivity (Wildman–Crippen MR) is 123 cm³/mol. The van der Waals surface area contributed by atoms with Gasteiger partial charge in [-0.15, -0.1) is 11.3 Å². The van der Waals surface area contributed by atoms with E-state index in [1.165, 1.54) is 24.6 Å². The Labute approximate surface area is 192 Å². The number of nitrogen functional groups attached to an aromatic ring is 1. The number of carbonyl (C=O) groups excluding carboxylic acids is 3. The minimum atomic E-state index is -0.610. The SMILES string of the molecule is CCOC(=O)c1cnc(SCC(=O)Nc2sc(-c3ccccc3)cc2C(=O)OC)nc1N. The normalized spacial score (nSPS) is 10.4. The van der Waals surface area contributed by atoms with Crippen LogP contribution in [-0.2, 0) is 14.3 Å². The summed E-state index contributed by atoms with van der Waals surface area (Å²) in [5.41, 5.74) is 7.05. The molecule has 0 saturated carbocycles. The number of thiophene rings is 1. The molecule has 1 amide bonds. The van der Waals surface area contributed by atoms with Gasteiger partial charge in [-0.2, -0.15) is 0 Å². The summed E-state index contributed by atoms with van der Waals surface area (Å²) < 4.78 is 9.72. The number of benzene rings is 1. The zero-order valence-corrected chi connectivity index (χ0v) is 18.9. The Balaban J connectivity index is 1.69. The summed E-state index contributed by atoms with van der Waals surface area (Å²) in [7, 11) is 1.28. The van der Waals surface area contributed by atoms with Crippen LogP contribution in [-0.4, -0.2) is 47.3 Å². The summed E-state index contributed by atoms with van der Waals surface area (Å²) in [4.78, 5) is 45.3. The third-order valence-electron chi connectivity index (χ3n) is 4.07. The lowest BCUT2D eigenvalue weighted by Gasteiger charge is -2.07. The topological polar surface area (TPSA) is 134 Å². The van der Waals surface area contributed by atoms with Gasteiger partial charge in [-0.3, -0.25) is 4.79 Å². The highest BCUT2D eigenvalue weighted by Crippen LogP contribution is 2.36. The zero-order valence-electron chi connectivity index (χ0n) is 17.3. The average Bonchev–Trinajstić information content (AvgIpc) is 3.21. The number of ether oxygens (including phenoxy) is 2. The van der Waals surface area contributed by atoms with Crippen molar-refractivity contribution in [2.24, 2.45) is 0 Å². The number of thioether (sulfide) groups is 1. The molecule has 0 saturated heterocycles. The molecule has 0 radical (unpaired) electrons. The van der Waals surface area contributed by atoms with Gasteiger partial charge in [0.25, 0.3) is 0 Å². The van der Waals surface area contributed by atoms with Gasteiger partial charge < -0.3 is 20.5 Å². The minimum absolute atomic E-state index is 0.0277. The van der Waals surface area contributed by atoms with Crippen LogP contribution < -0.4 is 11.1 Å². The third kappa shape index (κ3) is 5.62. The first kappa shape index (κ1) is 23.2. The summed E-state index contributed by atoms with van der Waals surface area (Å²) in [6, 6.07) is 11.2. The van der Waals surface area contributed by atoms with E-state index in [0.717, 1.165) is 22.2 Å². The van der Waals surface area contributed by atoms with Crippen molar-refractivity contribution in [1.29, 1.82) is 0 Å². The van der Waals surface area contributed by atoms with Crippen LogP contribution in [0.1, 0.15) is 27.6 Å². The highest BCUT2D eigenvalue weighted by atomic mass is 32.2. The van der Waals surface area contributed by atoms with E-state index in [2.05, 4.69) is 15.3 Å². The fraction of sp³-hybridized carbons (Fsp3) is 0.190. The lowest BCUT2D eigenvalue weighted by molar-refractivity contribution is -0.113. The summed E-state index contributed by atoms with van der Waals surface area (Å²) in [6.07, 6.45) is 1.27. The van der Waals surface area contributed by atoms with Crippen molar-refractivity contribution in [3.05, 3.63) is 53.7 Å². The maximum Gasteiger partial charge on any atom is 0.343 e. The number of rotatable bonds is 8. The number of amides is 1. The van der Waals surface area contributed by atoms with E-state index in [4.69, 9.17) is 15.2 Å². The molecular weight excluding hydrogens is 452 g/mol. The molecule has 3 rings (SSSR count). The highest BCUT2D eigenvalue weighted by molar-refractivity contribution is 7.99. The molecule has 0 aliphatic carbocycles. The van der Waals surface area contributed by atoms with Crippen molar-refractivity contribution in [2.75, 3.05) is 30.5 Å². The van der Waals surface area contributed by atoms with Crippen LogP contribution in [0.5, 0.6) is 0 Å². The van der Waals surface area contributed by atoms with Crippen LogP contribution >= 0.6 is 23.1 Å². The number of esters is 2. The van der Waals surface area contributed by atoms with Crippen LogP contribution in [0, 0.1) is 0 Å². The van der Waals surface area contributed by atoms with Gasteiger partial charge in [-0.1, -0.05) is 42.1 Å². The van der Waals surface area contributed by atoms with Gasteiger partial charge in [0, 0.05) is 11.1 Å². The Morgan fingerprint density at radius 1 is 1.16 bits per heavy atom. The Bertz CT molecular complexity index is 1130. The monoisotopic (exact) mass is 472 g/mol. The van der Waals surface area contributed by atoms with Crippen molar-refractivity contribution >= 4 is 51.8 Å². The molecule has 0 atom stereocenters. The number of hydrogen-bond donors (Lipinski definition) is 2. The molecule has 3 aromatic rings. The van der Waals surface area contributed by atoms with Gasteiger partial charge in [0.2, 0.25) is 5.91 Å². The maximum atomic E-state index is 12.5. The molecule has 32 heavy (non-hydrogen) atoms. The molecule has 0 aliphatic heterocycles. The summed E-state index contributed by atoms with van der Waals surface area (Å²) in [5.74, 6) is -1.57. The number of nitrogens with two attached hydrogens (primary N) is 1. The Morgan fingerprint density at radius 3 is 2.56 bits per heavy atom. The molecule has 2 aromatic heterocycles. The molecule has 0 fully saturated rings. The van der Waals surface area contributed by atoms with Gasteiger partial charge in [0.15, 0.2) is 5.16 Å². The van der Waals surface area contributed by atoms with Gasteiger partial charge in [-0.05, 0) is 18.6 Å². The van der Waals surface area contributed by atoms with Crippen molar-refractivity contribution in [3.63, 3.8) is 0 Å². The molecule has 0 unspecified atom stereocenters. The Kier molecular flexibility index (Phi) is 7.79. The van der Waals surface area contributed by atoms with E-state index >= 15 is 0 Å². The molecule has 2 heterocycles. The number of hydrogen-bond acceptors (Lipinski definition) is 10. The van der Waals surface area contributed by atoms with Crippen molar-refractivity contribution in [2.45, 2.75) is 12.1 Å². The first-order valence-electron chi connectivity index (χ1n) is 9.42. The van der Waals surface area contributed by atoms with Gasteiger partial charge in [0.1, 0.15) is 16.4 Å². The standard InChI is InChI=1S/C21H20N4O5S2/c1-3-30-20(28)14-10-23-21(25-17(14)22)31-11-16(26)24-18-13(19(27)29-2)9-15(32-18)12-7-5-4-6-8-12/h4-10H,3,11H2,1-2H3,(H,24,26)(H2,22,23,25). The lowest BCUT2D eigenvalue weighted by atomic mass is 10.1. The summed E-state index contributed by atoms with van der Waals surface area (Å²) >= 11 is 2.31. The zero-order chi connectivity index (χ0) is 23.1. The number of methoxy groups -OCH3 is 1. The third-order valence-corrected chi connectivity index (χ3v) is 6.03. The van der Waals surface area contributed by atoms with Crippen LogP contribution in [0.4, 0.5) is 10.8 Å². The molecule has 9 nitrogen and oxygen atoms in total. The first-order chi connectivity index (χ1) is 15.4. The number of anilines is 2. The summed E-state index contributed by atoms with van der Waals surface area (Å²) in [6.45, 7) is 1.89. The fourth-order valence-corrected chi connectivity index (χ4v) is 4.29. The van der Waals surface area contributed by atoms with E-state index < -0.39 is 11.9 Å². The smallest absolute Gasteiger partial charge is 0.343 e. The largest absolute Gasteiger partial charge is 0.465 e. The molecule has 0 spiro atoms. The van der Waals surface area contributed by atoms with E-state index in [1.807, 2.05) is 30.3 Å². The molecule has 3 N–H and O–H groups in total. The number of carbonyl (C=O) groups is 3. The molecule has 1 aromatic carbocycles. The molecule has 0 bridgehead atoms. The van der Waals surface area contributed by atoms with E-state index in [-0.39, 0.29) is 40.4 Å². The molecule has 0 aliphatic rings. The number of nitrogens with one attached hydrogen (secondary N) is 1. The number of nitrogens with zero attached hydrogens (tertiary/aromatic N) is 2. The van der Waals surface area contributed by atoms with Gasteiger partial charge >= 0.3 is 11.9 Å². The van der Waals surface area contributed by atoms with E-state index in [9.17, 15) is 14.4 Å². The molecular formula is C21H20N4O5S2. The minimum Gasteiger partial charge on any atom is -0.465 e. The Morgan fingerprint density at radius 2 is 1.91 bits per heavy atom. The maximum absolute atomic E-state index is 12.5. The van der Waals surface area contributed by atoms with Crippen LogP contribution in [0.15, 0.2) is 47.8 Å². The van der Waals surface area contributed by atoms with Crippen LogP contribution in [0.3, 0.4) is 0 Å². The van der Waals surface area contributed by atoms with E-state index in [0.29, 0.717) is 5.00 Å². The average molecular weight is 473 g/mol.